The van der Waals surface area contributed by atoms with Gasteiger partial charge in [0.2, 0.25) is 10.0 Å². The van der Waals surface area contributed by atoms with Gasteiger partial charge in [0.05, 0.1) is 4.90 Å². The van der Waals surface area contributed by atoms with E-state index in [1.807, 2.05) is 39.0 Å². The van der Waals surface area contributed by atoms with Crippen molar-refractivity contribution in [2.24, 2.45) is 5.92 Å². The van der Waals surface area contributed by atoms with Crippen molar-refractivity contribution in [1.29, 1.82) is 0 Å². The first-order valence-electron chi connectivity index (χ1n) is 9.09. The van der Waals surface area contributed by atoms with Crippen LogP contribution in [0.5, 0.6) is 0 Å². The van der Waals surface area contributed by atoms with Gasteiger partial charge in [-0.25, -0.2) is 13.1 Å². The van der Waals surface area contributed by atoms with E-state index in [2.05, 4.69) is 14.6 Å². The fourth-order valence-electron chi connectivity index (χ4n) is 3.48. The number of piperidine rings is 1. The minimum Gasteiger partial charge on any atom is -0.371 e. The molecule has 5 nitrogen and oxygen atoms in total. The van der Waals surface area contributed by atoms with Gasteiger partial charge >= 0.3 is 0 Å². The molecule has 0 unspecified atom stereocenters. The molecule has 1 saturated heterocycles. The number of hydrogen-bond acceptors (Lipinski definition) is 4. The number of hydrogen-bond donors (Lipinski definition) is 1. The largest absolute Gasteiger partial charge is 0.371 e. The summed E-state index contributed by atoms with van der Waals surface area (Å²) in [6.07, 6.45) is 5.58. The summed E-state index contributed by atoms with van der Waals surface area (Å²) in [6.45, 7) is 8.19. The summed E-state index contributed by atoms with van der Waals surface area (Å²) >= 11 is 0. The number of rotatable bonds is 5. The van der Waals surface area contributed by atoms with Gasteiger partial charge in [0.25, 0.3) is 0 Å². The van der Waals surface area contributed by atoms with E-state index < -0.39 is 10.0 Å². The molecular weight excluding hydrogens is 346 g/mol. The fourth-order valence-corrected chi connectivity index (χ4v) is 4.90. The monoisotopic (exact) mass is 373 g/mol. The Morgan fingerprint density at radius 1 is 1.04 bits per heavy atom. The standard InChI is InChI=1S/C20H27N3O2S/c1-15-12-17(3)20(13-16(15)2)26(24,25)22-14-18-6-10-23(11-7-18)19-4-8-21-9-5-19/h4-5,8-9,12-13,18,22H,6-7,10-11,14H2,1-3H3. The molecule has 1 N–H and O–H groups in total. The number of nitrogens with zero attached hydrogens (tertiary/aromatic N) is 2. The van der Waals surface area contributed by atoms with Crippen molar-refractivity contribution >= 4 is 15.7 Å². The highest BCUT2D eigenvalue weighted by atomic mass is 32.2. The van der Waals surface area contributed by atoms with Crippen LogP contribution in [-0.4, -0.2) is 33.0 Å². The predicted molar refractivity (Wildman–Crippen MR) is 105 cm³/mol. The van der Waals surface area contributed by atoms with Crippen molar-refractivity contribution in [3.63, 3.8) is 0 Å². The first kappa shape index (κ1) is 18.9. The quantitative estimate of drug-likeness (QED) is 0.874. The number of nitrogens with one attached hydrogen (secondary N) is 1. The fraction of sp³-hybridized carbons (Fsp3) is 0.450. The number of benzene rings is 1. The molecule has 1 fully saturated rings. The van der Waals surface area contributed by atoms with Gasteiger partial charge in [-0.1, -0.05) is 6.07 Å². The molecule has 1 aliphatic heterocycles. The number of aryl methyl sites for hydroxylation is 3. The third-order valence-electron chi connectivity index (χ3n) is 5.29. The molecule has 26 heavy (non-hydrogen) atoms. The van der Waals surface area contributed by atoms with E-state index in [0.717, 1.165) is 42.6 Å². The highest BCUT2D eigenvalue weighted by molar-refractivity contribution is 7.89. The average molecular weight is 374 g/mol. The molecule has 1 aliphatic rings. The Balaban J connectivity index is 1.59. The highest BCUT2D eigenvalue weighted by Crippen LogP contribution is 2.24. The lowest BCUT2D eigenvalue weighted by Crippen LogP contribution is -2.38. The van der Waals surface area contributed by atoms with Crippen LogP contribution < -0.4 is 9.62 Å². The van der Waals surface area contributed by atoms with E-state index in [-0.39, 0.29) is 0 Å². The Morgan fingerprint density at radius 2 is 1.65 bits per heavy atom. The molecule has 0 aliphatic carbocycles. The summed E-state index contributed by atoms with van der Waals surface area (Å²) in [5, 5.41) is 0. The molecule has 0 atom stereocenters. The van der Waals surface area contributed by atoms with Crippen LogP contribution in [0.3, 0.4) is 0 Å². The van der Waals surface area contributed by atoms with Crippen LogP contribution in [0.15, 0.2) is 41.6 Å². The second-order valence-corrected chi connectivity index (χ2v) is 8.93. The molecule has 2 heterocycles. The van der Waals surface area contributed by atoms with Crippen molar-refractivity contribution in [1.82, 2.24) is 9.71 Å². The SMILES string of the molecule is Cc1cc(C)c(S(=O)(=O)NCC2CCN(c3ccncc3)CC2)cc1C. The molecule has 140 valence electrons. The topological polar surface area (TPSA) is 62.3 Å². The molecule has 0 bridgehead atoms. The first-order valence-corrected chi connectivity index (χ1v) is 10.6. The van der Waals surface area contributed by atoms with Gasteiger partial charge in [-0.3, -0.25) is 4.98 Å². The van der Waals surface area contributed by atoms with Crippen LogP contribution >= 0.6 is 0 Å². The lowest BCUT2D eigenvalue weighted by atomic mass is 9.97. The van der Waals surface area contributed by atoms with Crippen LogP contribution in [0.4, 0.5) is 5.69 Å². The number of pyridine rings is 1. The highest BCUT2D eigenvalue weighted by Gasteiger charge is 2.23. The van der Waals surface area contributed by atoms with Crippen molar-refractivity contribution in [2.45, 2.75) is 38.5 Å². The van der Waals surface area contributed by atoms with Crippen LogP contribution in [-0.2, 0) is 10.0 Å². The maximum Gasteiger partial charge on any atom is 0.240 e. The molecule has 1 aromatic heterocycles. The van der Waals surface area contributed by atoms with Crippen molar-refractivity contribution in [2.75, 3.05) is 24.5 Å². The second-order valence-electron chi connectivity index (χ2n) is 7.19. The Kier molecular flexibility index (Phi) is 5.63. The van der Waals surface area contributed by atoms with E-state index >= 15 is 0 Å². The Morgan fingerprint density at radius 3 is 2.31 bits per heavy atom. The van der Waals surface area contributed by atoms with E-state index in [4.69, 9.17) is 0 Å². The first-order chi connectivity index (χ1) is 12.4. The van der Waals surface area contributed by atoms with Gasteiger partial charge in [-0.05, 0) is 74.4 Å². The van der Waals surface area contributed by atoms with Crippen molar-refractivity contribution in [3.8, 4) is 0 Å². The zero-order valence-corrected chi connectivity index (χ0v) is 16.5. The van der Waals surface area contributed by atoms with E-state index in [0.29, 0.717) is 17.4 Å². The summed E-state index contributed by atoms with van der Waals surface area (Å²) in [5.74, 6) is 0.370. The van der Waals surface area contributed by atoms with Crippen LogP contribution in [0, 0.1) is 26.7 Å². The molecule has 2 aromatic rings. The normalized spacial score (nSPS) is 16.0. The molecule has 6 heteroatoms. The maximum absolute atomic E-state index is 12.7. The smallest absolute Gasteiger partial charge is 0.240 e. The zero-order valence-electron chi connectivity index (χ0n) is 15.7. The summed E-state index contributed by atoms with van der Waals surface area (Å²) in [7, 11) is -3.47. The molecule has 0 spiro atoms. The Bertz CT molecular complexity index is 858. The van der Waals surface area contributed by atoms with Crippen LogP contribution in [0.25, 0.3) is 0 Å². The number of aromatic nitrogens is 1. The summed E-state index contributed by atoms with van der Waals surface area (Å²) < 4.78 is 28.3. The maximum atomic E-state index is 12.7. The average Bonchev–Trinajstić information content (AvgIpc) is 2.64. The Hall–Kier alpha value is -1.92. The lowest BCUT2D eigenvalue weighted by molar-refractivity contribution is 0.402. The van der Waals surface area contributed by atoms with Gasteiger partial charge in [0, 0.05) is 37.7 Å². The van der Waals surface area contributed by atoms with Gasteiger partial charge in [-0.2, -0.15) is 0 Å². The summed E-state index contributed by atoms with van der Waals surface area (Å²) in [6, 6.07) is 7.76. The molecule has 3 rings (SSSR count). The number of anilines is 1. The zero-order chi connectivity index (χ0) is 18.7. The van der Waals surface area contributed by atoms with E-state index in [9.17, 15) is 8.42 Å². The molecule has 0 amide bonds. The third kappa shape index (κ3) is 4.24. The molecule has 1 aromatic carbocycles. The van der Waals surface area contributed by atoms with E-state index in [1.165, 1.54) is 5.69 Å². The van der Waals surface area contributed by atoms with Crippen LogP contribution in [0.1, 0.15) is 29.5 Å². The molecule has 0 radical (unpaired) electrons. The number of sulfonamides is 1. The second kappa shape index (κ2) is 7.76. The summed E-state index contributed by atoms with van der Waals surface area (Å²) in [5.41, 5.74) is 4.10. The minimum absolute atomic E-state index is 0.370. The van der Waals surface area contributed by atoms with Gasteiger partial charge in [-0.15, -0.1) is 0 Å². The Labute approximate surface area is 156 Å². The predicted octanol–water partition coefficient (Wildman–Crippen LogP) is 3.20. The minimum atomic E-state index is -3.47. The molecule has 0 saturated carbocycles. The van der Waals surface area contributed by atoms with Crippen LogP contribution in [0.2, 0.25) is 0 Å². The van der Waals surface area contributed by atoms with Gasteiger partial charge < -0.3 is 4.90 Å². The van der Waals surface area contributed by atoms with Crippen molar-refractivity contribution in [3.05, 3.63) is 53.3 Å². The van der Waals surface area contributed by atoms with E-state index in [1.54, 1.807) is 18.5 Å². The third-order valence-corrected chi connectivity index (χ3v) is 6.85. The van der Waals surface area contributed by atoms with Crippen molar-refractivity contribution < 1.29 is 8.42 Å². The molecular formula is C20H27N3O2S. The lowest BCUT2D eigenvalue weighted by Gasteiger charge is -2.33. The van der Waals surface area contributed by atoms with Gasteiger partial charge in [0.15, 0.2) is 0 Å². The van der Waals surface area contributed by atoms with Gasteiger partial charge in [0.1, 0.15) is 0 Å². The summed E-state index contributed by atoms with van der Waals surface area (Å²) in [4.78, 5) is 6.79.